The molecule has 8 nitrogen and oxygen atoms in total. The quantitative estimate of drug-likeness (QED) is 0.346. The number of aromatic amines is 1. The molecule has 5 N–H and O–H groups in total. The third-order valence-electron chi connectivity index (χ3n) is 5.45. The highest BCUT2D eigenvalue weighted by molar-refractivity contribution is 6.14. The molecule has 1 aromatic heterocycles. The van der Waals surface area contributed by atoms with Crippen molar-refractivity contribution in [3.63, 3.8) is 0 Å². The van der Waals surface area contributed by atoms with Crippen LogP contribution < -0.4 is 16.4 Å². The van der Waals surface area contributed by atoms with Crippen LogP contribution in [0.2, 0.25) is 0 Å². The van der Waals surface area contributed by atoms with E-state index in [4.69, 9.17) is 5.73 Å². The van der Waals surface area contributed by atoms with Crippen LogP contribution in [0, 0.1) is 0 Å². The second-order valence-electron chi connectivity index (χ2n) is 7.39. The lowest BCUT2D eigenvalue weighted by molar-refractivity contribution is -0.125. The maximum absolute atomic E-state index is 13.0. The smallest absolute Gasteiger partial charge is 0.330 e. The molecule has 1 fully saturated rings. The molecule has 0 aliphatic carbocycles. The first-order valence-electron chi connectivity index (χ1n) is 10.0. The van der Waals surface area contributed by atoms with Gasteiger partial charge < -0.3 is 21.4 Å². The number of nitrogens with zero attached hydrogens (tertiary/aromatic N) is 1. The number of urea groups is 1. The lowest BCUT2D eigenvalue weighted by Gasteiger charge is -2.15. The monoisotopic (exact) mass is 417 g/mol. The number of fused-ring (bicyclic) bond motifs is 1. The summed E-state index contributed by atoms with van der Waals surface area (Å²) in [4.78, 5) is 41.4. The van der Waals surface area contributed by atoms with Gasteiger partial charge in [-0.05, 0) is 48.4 Å². The maximum Gasteiger partial charge on any atom is 0.330 e. The summed E-state index contributed by atoms with van der Waals surface area (Å²) in [6.45, 7) is 0.541. The van der Waals surface area contributed by atoms with Crippen LogP contribution in [0.3, 0.4) is 0 Å². The average Bonchev–Trinajstić information content (AvgIpc) is 3.30. The van der Waals surface area contributed by atoms with Crippen molar-refractivity contribution in [2.45, 2.75) is 18.9 Å². The van der Waals surface area contributed by atoms with Crippen LogP contribution in [0.15, 0.2) is 48.7 Å². The fourth-order valence-corrected chi connectivity index (χ4v) is 3.89. The summed E-state index contributed by atoms with van der Waals surface area (Å²) in [5, 5.41) is 6.71. The van der Waals surface area contributed by atoms with Crippen LogP contribution in [0.1, 0.15) is 16.7 Å². The van der Waals surface area contributed by atoms with E-state index in [1.54, 1.807) is 31.2 Å². The fraction of sp³-hybridized carbons (Fsp3) is 0.217. The Morgan fingerprint density at radius 2 is 2.06 bits per heavy atom. The van der Waals surface area contributed by atoms with E-state index < -0.39 is 18.0 Å². The Bertz CT molecular complexity index is 1210. The van der Waals surface area contributed by atoms with Crippen molar-refractivity contribution in [3.05, 3.63) is 65.4 Å². The number of anilines is 1. The summed E-state index contributed by atoms with van der Waals surface area (Å²) in [6, 6.07) is 11.4. The number of nitrogens with one attached hydrogen (secondary N) is 3. The Morgan fingerprint density at radius 1 is 1.23 bits per heavy atom. The standard InChI is InChI=1S/C23H23N5O3/c1-25-17-4-2-3-15(11-17)21(13-29)28-22(30)20(27-23(28)31)10-14-5-6-19-18(9-14)16(7-8-24)12-26-19/h2-6,9,11-12,20,25-26H,7-8,10,24H2,1H3,(H,27,31). The highest BCUT2D eigenvalue weighted by Crippen LogP contribution is 2.26. The number of benzene rings is 2. The van der Waals surface area contributed by atoms with Gasteiger partial charge in [-0.2, -0.15) is 0 Å². The molecule has 0 saturated carbocycles. The minimum Gasteiger partial charge on any atom is -0.388 e. The van der Waals surface area contributed by atoms with Crippen molar-refractivity contribution in [2.75, 3.05) is 18.9 Å². The molecule has 3 aromatic rings. The number of carbonyl (C=O) groups excluding carboxylic acids is 3. The lowest BCUT2D eigenvalue weighted by Crippen LogP contribution is -2.32. The summed E-state index contributed by atoms with van der Waals surface area (Å²) in [5.41, 5.74) is 9.78. The van der Waals surface area contributed by atoms with Crippen molar-refractivity contribution in [3.8, 4) is 0 Å². The Morgan fingerprint density at radius 3 is 2.81 bits per heavy atom. The zero-order chi connectivity index (χ0) is 22.0. The van der Waals surface area contributed by atoms with Gasteiger partial charge in [-0.1, -0.05) is 18.2 Å². The molecule has 1 unspecified atom stereocenters. The molecular formula is C23H23N5O3. The summed E-state index contributed by atoms with van der Waals surface area (Å²) < 4.78 is 0. The summed E-state index contributed by atoms with van der Waals surface area (Å²) >= 11 is 0. The maximum atomic E-state index is 13.0. The molecule has 158 valence electrons. The van der Waals surface area contributed by atoms with Gasteiger partial charge in [0.1, 0.15) is 11.7 Å². The van der Waals surface area contributed by atoms with Gasteiger partial charge in [0.15, 0.2) is 5.94 Å². The molecule has 0 radical (unpaired) electrons. The number of rotatable bonds is 7. The normalized spacial score (nSPS) is 15.8. The van der Waals surface area contributed by atoms with E-state index in [1.165, 1.54) is 0 Å². The van der Waals surface area contributed by atoms with Crippen LogP contribution in [-0.2, 0) is 22.4 Å². The zero-order valence-electron chi connectivity index (χ0n) is 17.1. The van der Waals surface area contributed by atoms with Gasteiger partial charge in [-0.15, -0.1) is 0 Å². The van der Waals surface area contributed by atoms with E-state index >= 15 is 0 Å². The lowest BCUT2D eigenvalue weighted by atomic mass is 10.0. The van der Waals surface area contributed by atoms with Gasteiger partial charge in [0.05, 0.1) is 0 Å². The molecule has 0 spiro atoms. The second-order valence-corrected chi connectivity index (χ2v) is 7.39. The van der Waals surface area contributed by atoms with Gasteiger partial charge in [-0.25, -0.2) is 14.5 Å². The van der Waals surface area contributed by atoms with E-state index in [2.05, 4.69) is 15.6 Å². The largest absolute Gasteiger partial charge is 0.388 e. The Labute approximate surface area is 179 Å². The molecule has 2 heterocycles. The highest BCUT2D eigenvalue weighted by Gasteiger charge is 2.41. The number of hydrogen-bond acceptors (Lipinski definition) is 5. The molecule has 1 atom stereocenters. The molecule has 1 aliphatic rings. The van der Waals surface area contributed by atoms with E-state index in [9.17, 15) is 14.4 Å². The molecule has 1 saturated heterocycles. The van der Waals surface area contributed by atoms with Crippen molar-refractivity contribution in [1.29, 1.82) is 0 Å². The van der Waals surface area contributed by atoms with Crippen LogP contribution in [0.5, 0.6) is 0 Å². The van der Waals surface area contributed by atoms with E-state index in [0.29, 0.717) is 18.5 Å². The van der Waals surface area contributed by atoms with Crippen molar-refractivity contribution >= 4 is 40.2 Å². The second kappa shape index (κ2) is 8.47. The molecule has 8 heteroatoms. The minimum atomic E-state index is -0.766. The summed E-state index contributed by atoms with van der Waals surface area (Å²) in [5.74, 6) is 1.29. The van der Waals surface area contributed by atoms with Gasteiger partial charge in [0.2, 0.25) is 0 Å². The molecule has 31 heavy (non-hydrogen) atoms. The van der Waals surface area contributed by atoms with Gasteiger partial charge in [-0.3, -0.25) is 4.79 Å². The number of carbonyl (C=O) groups is 2. The van der Waals surface area contributed by atoms with Crippen LogP contribution in [0.4, 0.5) is 10.5 Å². The van der Waals surface area contributed by atoms with Gasteiger partial charge in [0.25, 0.3) is 5.91 Å². The highest BCUT2D eigenvalue weighted by atomic mass is 16.2. The van der Waals surface area contributed by atoms with E-state index in [1.807, 2.05) is 30.5 Å². The zero-order valence-corrected chi connectivity index (χ0v) is 17.1. The van der Waals surface area contributed by atoms with Crippen molar-refractivity contribution in [2.24, 2.45) is 5.73 Å². The number of amides is 3. The van der Waals surface area contributed by atoms with Gasteiger partial charge in [0, 0.05) is 41.8 Å². The number of hydrogen-bond donors (Lipinski definition) is 4. The SMILES string of the molecule is CNc1cccc(C(=C=O)N2C(=O)NC(Cc3ccc4[nH]cc(CCN)c4c3)C2=O)c1. The Kier molecular flexibility index (Phi) is 5.58. The Balaban J connectivity index is 1.59. The molecular weight excluding hydrogens is 394 g/mol. The average molecular weight is 417 g/mol. The predicted molar refractivity (Wildman–Crippen MR) is 119 cm³/mol. The summed E-state index contributed by atoms with van der Waals surface area (Å²) in [6.07, 6.45) is 2.99. The number of nitrogens with two attached hydrogens (primary N) is 1. The van der Waals surface area contributed by atoms with E-state index in [-0.39, 0.29) is 5.70 Å². The molecule has 2 aromatic carbocycles. The predicted octanol–water partition coefficient (Wildman–Crippen LogP) is 2.05. The minimum absolute atomic E-state index is 0.103. The summed E-state index contributed by atoms with van der Waals surface area (Å²) in [7, 11) is 1.74. The first-order valence-corrected chi connectivity index (χ1v) is 10.0. The van der Waals surface area contributed by atoms with Crippen LogP contribution in [-0.4, -0.2) is 47.4 Å². The number of imide groups is 1. The van der Waals surface area contributed by atoms with Gasteiger partial charge >= 0.3 is 6.03 Å². The molecule has 4 rings (SSSR count). The third-order valence-corrected chi connectivity index (χ3v) is 5.45. The van der Waals surface area contributed by atoms with Crippen molar-refractivity contribution in [1.82, 2.24) is 15.2 Å². The molecule has 1 aliphatic heterocycles. The topological polar surface area (TPSA) is 120 Å². The molecule has 3 amide bonds. The third kappa shape index (κ3) is 3.82. The first-order chi connectivity index (χ1) is 15.0. The Hall–Kier alpha value is -3.87. The first kappa shape index (κ1) is 20.4. The van der Waals surface area contributed by atoms with E-state index in [0.717, 1.165) is 39.0 Å². The van der Waals surface area contributed by atoms with Crippen LogP contribution in [0.25, 0.3) is 16.6 Å². The number of H-pyrrole nitrogens is 1. The van der Waals surface area contributed by atoms with Crippen molar-refractivity contribution < 1.29 is 14.4 Å². The fourth-order valence-electron chi connectivity index (χ4n) is 3.89. The number of aromatic nitrogens is 1. The van der Waals surface area contributed by atoms with Crippen LogP contribution >= 0.6 is 0 Å². The molecule has 0 bridgehead atoms.